The number of rotatable bonds is 6. The topological polar surface area (TPSA) is 71.3 Å². The highest BCUT2D eigenvalue weighted by molar-refractivity contribution is 5.79. The van der Waals surface area contributed by atoms with E-state index in [0.29, 0.717) is 22.6 Å². The van der Waals surface area contributed by atoms with E-state index in [9.17, 15) is 9.18 Å². The molecule has 0 heterocycles. The molecule has 124 valence electrons. The Kier molecular flexibility index (Phi) is 5.74. The lowest BCUT2D eigenvalue weighted by Crippen LogP contribution is -2.29. The normalized spacial score (nSPS) is 11.2. The van der Waals surface area contributed by atoms with Gasteiger partial charge in [-0.3, -0.25) is 4.79 Å². The Labute approximate surface area is 139 Å². The molecule has 0 aliphatic heterocycles. The van der Waals surface area contributed by atoms with Crippen LogP contribution < -0.4 is 14.8 Å². The fourth-order valence-electron chi connectivity index (χ4n) is 2.38. The average Bonchev–Trinajstić information content (AvgIpc) is 2.60. The van der Waals surface area contributed by atoms with E-state index in [1.165, 1.54) is 32.4 Å². The highest BCUT2D eigenvalue weighted by atomic mass is 19.1. The van der Waals surface area contributed by atoms with Gasteiger partial charge in [0.2, 0.25) is 5.91 Å². The smallest absolute Gasteiger partial charge is 0.234 e. The number of amides is 1. The van der Waals surface area contributed by atoms with E-state index in [4.69, 9.17) is 14.7 Å². The number of carbonyl (C=O) groups excluding carboxylic acids is 1. The van der Waals surface area contributed by atoms with E-state index in [2.05, 4.69) is 5.32 Å². The second-order valence-electron chi connectivity index (χ2n) is 5.00. The number of nitrogens with zero attached hydrogens (tertiary/aromatic N) is 1. The van der Waals surface area contributed by atoms with Crippen molar-refractivity contribution in [1.82, 2.24) is 5.32 Å². The van der Waals surface area contributed by atoms with E-state index in [1.807, 2.05) is 0 Å². The molecule has 0 radical (unpaired) electrons. The Morgan fingerprint density at radius 1 is 1.25 bits per heavy atom. The van der Waals surface area contributed by atoms with Crippen molar-refractivity contribution in [2.75, 3.05) is 14.2 Å². The monoisotopic (exact) mass is 328 g/mol. The minimum absolute atomic E-state index is 0.294. The van der Waals surface area contributed by atoms with Gasteiger partial charge in [0, 0.05) is 5.56 Å². The Morgan fingerprint density at radius 3 is 2.71 bits per heavy atom. The summed E-state index contributed by atoms with van der Waals surface area (Å²) in [5.74, 6) is 0.119. The van der Waals surface area contributed by atoms with Gasteiger partial charge in [-0.1, -0.05) is 12.1 Å². The Bertz CT molecular complexity index is 771. The zero-order chi connectivity index (χ0) is 17.5. The predicted octanol–water partition coefficient (Wildman–Crippen LogP) is 2.96. The standard InChI is InChI=1S/C18H17FN2O3/c1-23-14-5-3-4-12(10-14)18(21-17(22)8-9-20)15-11-13(19)6-7-16(15)24-2/h3-7,10-11,18H,8H2,1-2H3,(H,21,22)/t18-/m1/s1. The molecule has 2 aromatic rings. The molecule has 1 amide bonds. The van der Waals surface area contributed by atoms with Crippen molar-refractivity contribution in [3.05, 3.63) is 59.4 Å². The van der Waals surface area contributed by atoms with Gasteiger partial charge in [-0.05, 0) is 35.9 Å². The van der Waals surface area contributed by atoms with E-state index in [1.54, 1.807) is 30.3 Å². The molecule has 24 heavy (non-hydrogen) atoms. The number of hydrogen-bond acceptors (Lipinski definition) is 4. The number of methoxy groups -OCH3 is 2. The first-order valence-electron chi connectivity index (χ1n) is 7.22. The van der Waals surface area contributed by atoms with Crippen LogP contribution in [0.3, 0.4) is 0 Å². The van der Waals surface area contributed by atoms with Crippen LogP contribution >= 0.6 is 0 Å². The summed E-state index contributed by atoms with van der Waals surface area (Å²) < 4.78 is 24.2. The molecule has 0 saturated heterocycles. The van der Waals surface area contributed by atoms with Gasteiger partial charge >= 0.3 is 0 Å². The van der Waals surface area contributed by atoms with Gasteiger partial charge in [-0.25, -0.2) is 4.39 Å². The molecule has 0 saturated carbocycles. The van der Waals surface area contributed by atoms with Crippen LogP contribution in [0.5, 0.6) is 11.5 Å². The van der Waals surface area contributed by atoms with Crippen molar-refractivity contribution in [3.8, 4) is 17.6 Å². The van der Waals surface area contributed by atoms with Gasteiger partial charge < -0.3 is 14.8 Å². The summed E-state index contributed by atoms with van der Waals surface area (Å²) >= 11 is 0. The molecule has 2 rings (SSSR count). The van der Waals surface area contributed by atoms with Crippen molar-refractivity contribution >= 4 is 5.91 Å². The van der Waals surface area contributed by atoms with Crippen LogP contribution in [-0.2, 0) is 4.79 Å². The summed E-state index contributed by atoms with van der Waals surface area (Å²) in [5.41, 5.74) is 1.14. The van der Waals surface area contributed by atoms with Crippen LogP contribution in [-0.4, -0.2) is 20.1 Å². The summed E-state index contributed by atoms with van der Waals surface area (Å²) in [6.45, 7) is 0. The maximum Gasteiger partial charge on any atom is 0.234 e. The largest absolute Gasteiger partial charge is 0.497 e. The summed E-state index contributed by atoms with van der Waals surface area (Å²) in [6.07, 6.45) is -0.294. The summed E-state index contributed by atoms with van der Waals surface area (Å²) in [4.78, 5) is 11.9. The number of carbonyl (C=O) groups is 1. The molecule has 0 unspecified atom stereocenters. The number of nitriles is 1. The quantitative estimate of drug-likeness (QED) is 0.885. The van der Waals surface area contributed by atoms with Crippen LogP contribution in [0.1, 0.15) is 23.6 Å². The summed E-state index contributed by atoms with van der Waals surface area (Å²) in [5, 5.41) is 11.4. The lowest BCUT2D eigenvalue weighted by atomic mass is 9.97. The first-order valence-corrected chi connectivity index (χ1v) is 7.22. The Hall–Kier alpha value is -3.07. The van der Waals surface area contributed by atoms with Crippen molar-refractivity contribution in [2.24, 2.45) is 0 Å². The molecule has 1 atom stereocenters. The van der Waals surface area contributed by atoms with Crippen molar-refractivity contribution in [1.29, 1.82) is 5.26 Å². The number of hydrogen-bond donors (Lipinski definition) is 1. The van der Waals surface area contributed by atoms with Gasteiger partial charge in [0.25, 0.3) is 0 Å². The van der Waals surface area contributed by atoms with Gasteiger partial charge in [-0.15, -0.1) is 0 Å². The first-order chi connectivity index (χ1) is 11.6. The van der Waals surface area contributed by atoms with Crippen LogP contribution in [0.4, 0.5) is 4.39 Å². The van der Waals surface area contributed by atoms with Crippen LogP contribution in [0, 0.1) is 17.1 Å². The lowest BCUT2D eigenvalue weighted by Gasteiger charge is -2.22. The van der Waals surface area contributed by atoms with Gasteiger partial charge in [-0.2, -0.15) is 5.26 Å². The predicted molar refractivity (Wildman–Crippen MR) is 86.2 cm³/mol. The minimum Gasteiger partial charge on any atom is -0.497 e. The molecule has 0 aliphatic rings. The van der Waals surface area contributed by atoms with E-state index in [-0.39, 0.29) is 6.42 Å². The Balaban J connectivity index is 2.52. The maximum atomic E-state index is 13.7. The molecule has 2 aromatic carbocycles. The highest BCUT2D eigenvalue weighted by Crippen LogP contribution is 2.32. The number of nitrogens with one attached hydrogen (secondary N) is 1. The van der Waals surface area contributed by atoms with Crippen molar-refractivity contribution in [3.63, 3.8) is 0 Å². The summed E-state index contributed by atoms with van der Waals surface area (Å²) in [7, 11) is 3.00. The van der Waals surface area contributed by atoms with Crippen molar-refractivity contribution in [2.45, 2.75) is 12.5 Å². The minimum atomic E-state index is -0.674. The third-order valence-corrected chi connectivity index (χ3v) is 3.47. The fourth-order valence-corrected chi connectivity index (χ4v) is 2.38. The fraction of sp³-hybridized carbons (Fsp3) is 0.222. The molecule has 0 aliphatic carbocycles. The second kappa shape index (κ2) is 7.97. The lowest BCUT2D eigenvalue weighted by molar-refractivity contribution is -0.120. The Morgan fingerprint density at radius 2 is 2.04 bits per heavy atom. The van der Waals surface area contributed by atoms with E-state index in [0.717, 1.165) is 0 Å². The average molecular weight is 328 g/mol. The second-order valence-corrected chi connectivity index (χ2v) is 5.00. The summed E-state index contributed by atoms with van der Waals surface area (Å²) in [6, 6.07) is 12.2. The van der Waals surface area contributed by atoms with Gasteiger partial charge in [0.15, 0.2) is 0 Å². The van der Waals surface area contributed by atoms with Gasteiger partial charge in [0.05, 0.1) is 26.3 Å². The molecule has 0 spiro atoms. The molecule has 0 aromatic heterocycles. The molecule has 6 heteroatoms. The maximum absolute atomic E-state index is 13.7. The van der Waals surface area contributed by atoms with Gasteiger partial charge in [0.1, 0.15) is 23.7 Å². The molecular weight excluding hydrogens is 311 g/mol. The zero-order valence-electron chi connectivity index (χ0n) is 13.4. The van der Waals surface area contributed by atoms with E-state index >= 15 is 0 Å². The van der Waals surface area contributed by atoms with E-state index < -0.39 is 17.8 Å². The number of benzene rings is 2. The van der Waals surface area contributed by atoms with Crippen molar-refractivity contribution < 1.29 is 18.7 Å². The van der Waals surface area contributed by atoms with Crippen LogP contribution in [0.25, 0.3) is 0 Å². The first kappa shape index (κ1) is 17.3. The zero-order valence-corrected chi connectivity index (χ0v) is 13.4. The van der Waals surface area contributed by atoms with Crippen LogP contribution in [0.15, 0.2) is 42.5 Å². The number of halogens is 1. The van der Waals surface area contributed by atoms with Crippen LogP contribution in [0.2, 0.25) is 0 Å². The highest BCUT2D eigenvalue weighted by Gasteiger charge is 2.21. The molecular formula is C18H17FN2O3. The number of ether oxygens (including phenoxy) is 2. The molecule has 1 N–H and O–H groups in total. The third-order valence-electron chi connectivity index (χ3n) is 3.47. The molecule has 0 fully saturated rings. The third kappa shape index (κ3) is 4.02. The molecule has 0 bridgehead atoms. The SMILES string of the molecule is COc1cccc([C@@H](NC(=O)CC#N)c2cc(F)ccc2OC)c1. The molecule has 5 nitrogen and oxygen atoms in total.